The van der Waals surface area contributed by atoms with E-state index in [9.17, 15) is 43.2 Å². The molecule has 0 bridgehead atoms. The summed E-state index contributed by atoms with van der Waals surface area (Å²) in [4.78, 5) is 73.6. The van der Waals surface area contributed by atoms with Crippen LogP contribution in [-0.4, -0.2) is 96.7 Å². The quantitative estimate of drug-likeness (QED) is 0.0222. The standard InChI is InChI=1S/C98H192O17P2/c1-5-9-13-17-21-25-29-32-35-38-41-44-47-50-53-56-59-63-67-71-75-79-83-96(101)109-89-94(115-98(103)85-81-77-73-69-65-61-58-55-52-49-46-43-40-37-34-31-27-23-19-15-11-7-3)91-113-117(106,107)111-87-92(99)86-110-116(104,105)112-90-93(88-108-95(100)82-78-74-70-66-62-28-24-20-16-12-8-4)114-97(102)84-80-76-72-68-64-60-57-54-51-48-45-42-39-36-33-30-26-22-18-14-10-6-2/h92-94,99H,5-91H2,1-4H3,(H,104,105)(H,106,107)/t92-,93+,94+/m0/s1. The lowest BCUT2D eigenvalue weighted by Gasteiger charge is -2.21. The van der Waals surface area contributed by atoms with E-state index in [-0.39, 0.29) is 25.7 Å². The highest BCUT2D eigenvalue weighted by atomic mass is 31.2. The van der Waals surface area contributed by atoms with Crippen LogP contribution in [-0.2, 0) is 65.4 Å². The predicted octanol–water partition coefficient (Wildman–Crippen LogP) is 31.2. The molecule has 0 radical (unpaired) electrons. The summed E-state index contributed by atoms with van der Waals surface area (Å²) in [5.74, 6) is -2.09. The van der Waals surface area contributed by atoms with E-state index in [0.717, 1.165) is 89.9 Å². The molecule has 0 aromatic heterocycles. The number of esters is 4. The SMILES string of the molecule is CCCCCCCCCCCCCCCCCCCCCCCCC(=O)OC[C@H](COP(=O)(O)OC[C@@H](O)COP(=O)(O)OC[C@@H](COC(=O)CCCCCCCCCCCCC)OC(=O)CCCCCCCCCCCCCCCCCCCCCCCC)OC(=O)CCCCCCCCCCCCCCCCCCCCCCCC. The van der Waals surface area contributed by atoms with Crippen molar-refractivity contribution in [2.24, 2.45) is 0 Å². The van der Waals surface area contributed by atoms with E-state index >= 15 is 0 Å². The molecule has 0 aromatic rings. The number of aliphatic hydroxyl groups excluding tert-OH is 1. The highest BCUT2D eigenvalue weighted by Gasteiger charge is 2.31. The van der Waals surface area contributed by atoms with Crippen LogP contribution in [0.25, 0.3) is 0 Å². The number of unbranched alkanes of at least 4 members (excludes halogenated alkanes) is 73. The fourth-order valence-corrected chi connectivity index (χ4v) is 17.2. The number of rotatable bonds is 99. The van der Waals surface area contributed by atoms with Crippen molar-refractivity contribution in [2.75, 3.05) is 39.6 Å². The molecule has 2 unspecified atom stereocenters. The minimum atomic E-state index is -4.97. The molecular weight excluding hydrogens is 1510 g/mol. The molecule has 0 saturated carbocycles. The van der Waals surface area contributed by atoms with Gasteiger partial charge in [-0.05, 0) is 25.7 Å². The van der Waals surface area contributed by atoms with Crippen molar-refractivity contribution in [1.29, 1.82) is 0 Å². The van der Waals surface area contributed by atoms with Gasteiger partial charge in [-0.15, -0.1) is 0 Å². The summed E-state index contributed by atoms with van der Waals surface area (Å²) in [5.41, 5.74) is 0. The van der Waals surface area contributed by atoms with Crippen LogP contribution in [0.15, 0.2) is 0 Å². The number of carbonyl (C=O) groups excluding carboxylic acids is 4. The van der Waals surface area contributed by atoms with Crippen LogP contribution in [0, 0.1) is 0 Å². The minimum Gasteiger partial charge on any atom is -0.462 e. The maximum Gasteiger partial charge on any atom is 0.472 e. The molecule has 0 aliphatic carbocycles. The lowest BCUT2D eigenvalue weighted by molar-refractivity contribution is -0.161. The normalized spacial score (nSPS) is 13.5. The third-order valence-corrected chi connectivity index (χ3v) is 25.3. The zero-order valence-corrected chi connectivity index (χ0v) is 79.0. The fraction of sp³-hybridized carbons (Fsp3) is 0.959. The van der Waals surface area contributed by atoms with Gasteiger partial charge in [-0.25, -0.2) is 9.13 Å². The van der Waals surface area contributed by atoms with Crippen LogP contribution < -0.4 is 0 Å². The van der Waals surface area contributed by atoms with E-state index in [1.54, 1.807) is 0 Å². The van der Waals surface area contributed by atoms with Crippen molar-refractivity contribution in [3.05, 3.63) is 0 Å². The third-order valence-electron chi connectivity index (χ3n) is 23.4. The van der Waals surface area contributed by atoms with Gasteiger partial charge in [-0.1, -0.05) is 496 Å². The van der Waals surface area contributed by atoms with Crippen LogP contribution in [0.4, 0.5) is 0 Å². The van der Waals surface area contributed by atoms with Crippen LogP contribution in [0.1, 0.15) is 548 Å². The number of ether oxygens (including phenoxy) is 4. The average Bonchev–Trinajstić information content (AvgIpc) is 0.899. The van der Waals surface area contributed by atoms with Gasteiger partial charge in [-0.2, -0.15) is 0 Å². The largest absolute Gasteiger partial charge is 0.472 e. The smallest absolute Gasteiger partial charge is 0.462 e. The number of carbonyl (C=O) groups is 4. The Labute approximate surface area is 721 Å². The fourth-order valence-electron chi connectivity index (χ4n) is 15.6. The van der Waals surface area contributed by atoms with Gasteiger partial charge in [0.1, 0.15) is 19.3 Å². The maximum absolute atomic E-state index is 13.2. The Morgan fingerprint density at radius 3 is 0.504 bits per heavy atom. The average molecular weight is 1700 g/mol. The monoisotopic (exact) mass is 1700 g/mol. The third kappa shape index (κ3) is 91.6. The Bertz CT molecular complexity index is 2190. The summed E-state index contributed by atoms with van der Waals surface area (Å²) in [7, 11) is -9.94. The van der Waals surface area contributed by atoms with Crippen molar-refractivity contribution in [3.63, 3.8) is 0 Å². The molecule has 0 fully saturated rings. The van der Waals surface area contributed by atoms with Crippen LogP contribution in [0.2, 0.25) is 0 Å². The number of phosphoric ester groups is 2. The summed E-state index contributed by atoms with van der Waals surface area (Å²) in [6.45, 7) is 5.11. The van der Waals surface area contributed by atoms with Crippen molar-refractivity contribution in [1.82, 2.24) is 0 Å². The second kappa shape index (κ2) is 91.7. The highest BCUT2D eigenvalue weighted by Crippen LogP contribution is 2.45. The minimum absolute atomic E-state index is 0.110. The van der Waals surface area contributed by atoms with Gasteiger partial charge in [0.05, 0.1) is 26.4 Å². The molecular formula is C98H192O17P2. The molecule has 696 valence electrons. The van der Waals surface area contributed by atoms with E-state index in [2.05, 4.69) is 27.7 Å². The van der Waals surface area contributed by atoms with Gasteiger partial charge in [0.25, 0.3) is 0 Å². The number of hydrogen-bond acceptors (Lipinski definition) is 15. The van der Waals surface area contributed by atoms with Crippen molar-refractivity contribution >= 4 is 39.5 Å². The summed E-state index contributed by atoms with van der Waals surface area (Å²) in [6, 6.07) is 0. The number of aliphatic hydroxyl groups is 1. The van der Waals surface area contributed by atoms with Gasteiger partial charge in [0.15, 0.2) is 12.2 Å². The molecule has 0 saturated heterocycles. The van der Waals surface area contributed by atoms with Gasteiger partial charge >= 0.3 is 39.5 Å². The van der Waals surface area contributed by atoms with Gasteiger partial charge in [0, 0.05) is 25.7 Å². The molecule has 17 nitrogen and oxygen atoms in total. The van der Waals surface area contributed by atoms with Gasteiger partial charge < -0.3 is 33.8 Å². The Balaban J connectivity index is 5.20. The van der Waals surface area contributed by atoms with E-state index in [4.69, 9.17) is 37.0 Å². The first-order valence-electron chi connectivity index (χ1n) is 50.8. The Morgan fingerprint density at radius 2 is 0.342 bits per heavy atom. The molecule has 0 amide bonds. The molecule has 0 aliphatic heterocycles. The molecule has 0 rings (SSSR count). The van der Waals surface area contributed by atoms with Crippen LogP contribution in [0.5, 0.6) is 0 Å². The first kappa shape index (κ1) is 115. The van der Waals surface area contributed by atoms with Crippen molar-refractivity contribution in [3.8, 4) is 0 Å². The molecule has 0 heterocycles. The summed E-state index contributed by atoms with van der Waals surface area (Å²) >= 11 is 0. The van der Waals surface area contributed by atoms with E-state index in [0.29, 0.717) is 25.7 Å². The summed E-state index contributed by atoms with van der Waals surface area (Å²) in [6.07, 6.45) is 92.1. The summed E-state index contributed by atoms with van der Waals surface area (Å²) in [5, 5.41) is 10.7. The van der Waals surface area contributed by atoms with Crippen molar-refractivity contribution < 1.29 is 80.2 Å². The topological polar surface area (TPSA) is 237 Å². The zero-order chi connectivity index (χ0) is 85.2. The van der Waals surface area contributed by atoms with Crippen LogP contribution >= 0.6 is 15.6 Å². The Hall–Kier alpha value is -1.94. The number of hydrogen-bond donors (Lipinski definition) is 3. The molecule has 19 heteroatoms. The van der Waals surface area contributed by atoms with Crippen LogP contribution in [0.3, 0.4) is 0 Å². The summed E-state index contributed by atoms with van der Waals surface area (Å²) < 4.78 is 69.3. The van der Waals surface area contributed by atoms with Gasteiger partial charge in [0.2, 0.25) is 0 Å². The zero-order valence-electron chi connectivity index (χ0n) is 77.2. The first-order chi connectivity index (χ1) is 57.2. The number of phosphoric acid groups is 2. The highest BCUT2D eigenvalue weighted by molar-refractivity contribution is 7.47. The Morgan fingerprint density at radius 1 is 0.205 bits per heavy atom. The van der Waals surface area contributed by atoms with E-state index < -0.39 is 97.5 Å². The molecule has 0 aliphatic rings. The van der Waals surface area contributed by atoms with E-state index in [1.807, 2.05) is 0 Å². The lowest BCUT2D eigenvalue weighted by atomic mass is 10.0. The van der Waals surface area contributed by atoms with Gasteiger partial charge in [-0.3, -0.25) is 37.3 Å². The van der Waals surface area contributed by atoms with Crippen molar-refractivity contribution in [2.45, 2.75) is 566 Å². The second-order valence-corrected chi connectivity index (χ2v) is 38.1. The Kier molecular flexibility index (Phi) is 90.2. The second-order valence-electron chi connectivity index (χ2n) is 35.2. The molecule has 0 spiro atoms. The molecule has 3 N–H and O–H groups in total. The maximum atomic E-state index is 13.2. The van der Waals surface area contributed by atoms with E-state index in [1.165, 1.54) is 379 Å². The molecule has 5 atom stereocenters. The molecule has 0 aromatic carbocycles. The first-order valence-corrected chi connectivity index (χ1v) is 53.8. The predicted molar refractivity (Wildman–Crippen MR) is 488 cm³/mol. The molecule has 117 heavy (non-hydrogen) atoms. The lowest BCUT2D eigenvalue weighted by Crippen LogP contribution is -2.30.